The molecule has 4 aromatic rings. The number of carbonyl (C=O) groups excluding carboxylic acids is 1. The molecule has 3 heterocycles. The Morgan fingerprint density at radius 1 is 1.14 bits per heavy atom. The highest BCUT2D eigenvalue weighted by Gasteiger charge is 2.52. The van der Waals surface area contributed by atoms with Crippen LogP contribution in [0.3, 0.4) is 0 Å². The van der Waals surface area contributed by atoms with Crippen LogP contribution in [-0.2, 0) is 17.8 Å². The van der Waals surface area contributed by atoms with E-state index in [9.17, 15) is 9.59 Å². The van der Waals surface area contributed by atoms with Gasteiger partial charge in [-0.05, 0) is 53.7 Å². The quantitative estimate of drug-likeness (QED) is 0.399. The molecule has 3 aromatic heterocycles. The van der Waals surface area contributed by atoms with Crippen LogP contribution in [0.15, 0.2) is 53.7 Å². The van der Waals surface area contributed by atoms with Crippen LogP contribution in [0.25, 0.3) is 22.5 Å². The maximum Gasteiger partial charge on any atom is 0.328 e. The third-order valence-electron chi connectivity index (χ3n) is 7.03. The molecule has 3 atom stereocenters. The minimum atomic E-state index is -0.0848. The molecule has 9 heteroatoms. The molecule has 180 valence electrons. The van der Waals surface area contributed by atoms with Gasteiger partial charge >= 0.3 is 5.69 Å². The van der Waals surface area contributed by atoms with Gasteiger partial charge in [-0.3, -0.25) is 18.9 Å². The standard InChI is InChI=1S/C26H29N7O2/c1-4-5-8-19-15-33(24-16(2)23(24)17(3)34)26(35)32(19)14-18-13-27-12-11-20(18)21-9-6-7-10-22(21)25-28-30-31-29-25/h6-7,9-13,15-16,23-24H,4-5,8,14H2,1-3H3,(H,28,29,30,31). The number of nitrogens with zero attached hydrogens (tertiary/aromatic N) is 6. The Kier molecular flexibility index (Phi) is 6.15. The molecule has 0 saturated heterocycles. The number of carbonyl (C=O) groups is 1. The molecule has 0 bridgehead atoms. The van der Waals surface area contributed by atoms with E-state index in [-0.39, 0.29) is 29.4 Å². The number of hydrogen-bond acceptors (Lipinski definition) is 6. The Bertz CT molecular complexity index is 1400. The Labute approximate surface area is 203 Å². The molecule has 0 radical (unpaired) electrons. The number of rotatable bonds is 9. The topological polar surface area (TPSA) is 111 Å². The number of unbranched alkanes of at least 4 members (excludes halogenated alkanes) is 1. The zero-order valence-electron chi connectivity index (χ0n) is 20.2. The molecule has 0 amide bonds. The molecule has 1 aliphatic rings. The zero-order valence-corrected chi connectivity index (χ0v) is 20.2. The van der Waals surface area contributed by atoms with E-state index >= 15 is 0 Å². The molecule has 1 aliphatic carbocycles. The summed E-state index contributed by atoms with van der Waals surface area (Å²) in [4.78, 5) is 30.0. The molecule has 1 saturated carbocycles. The second kappa shape index (κ2) is 9.40. The van der Waals surface area contributed by atoms with Gasteiger partial charge in [-0.1, -0.05) is 44.5 Å². The van der Waals surface area contributed by atoms with Crippen LogP contribution in [0.4, 0.5) is 0 Å². The third kappa shape index (κ3) is 4.22. The first kappa shape index (κ1) is 22.9. The van der Waals surface area contributed by atoms with Crippen molar-refractivity contribution in [3.8, 4) is 22.5 Å². The number of ketones is 1. The summed E-state index contributed by atoms with van der Waals surface area (Å²) in [7, 11) is 0. The summed E-state index contributed by atoms with van der Waals surface area (Å²) >= 11 is 0. The van der Waals surface area contributed by atoms with Crippen molar-refractivity contribution in [3.63, 3.8) is 0 Å². The number of aryl methyl sites for hydroxylation is 1. The number of Topliss-reactive ketones (excluding diaryl/α,β-unsaturated/α-hetero) is 1. The minimum Gasteiger partial charge on any atom is -0.300 e. The average molecular weight is 472 g/mol. The number of benzene rings is 1. The number of tetrazole rings is 1. The van der Waals surface area contributed by atoms with Gasteiger partial charge in [0.05, 0.1) is 12.6 Å². The van der Waals surface area contributed by atoms with Gasteiger partial charge in [-0.25, -0.2) is 4.79 Å². The Morgan fingerprint density at radius 2 is 1.94 bits per heavy atom. The summed E-state index contributed by atoms with van der Waals surface area (Å²) in [6, 6.07) is 9.77. The summed E-state index contributed by atoms with van der Waals surface area (Å²) in [5.41, 5.74) is 4.59. The summed E-state index contributed by atoms with van der Waals surface area (Å²) in [6.07, 6.45) is 8.35. The van der Waals surface area contributed by atoms with Crippen molar-refractivity contribution >= 4 is 5.78 Å². The van der Waals surface area contributed by atoms with E-state index in [0.29, 0.717) is 12.4 Å². The fourth-order valence-electron chi connectivity index (χ4n) is 5.14. The average Bonchev–Trinajstić information content (AvgIpc) is 3.18. The van der Waals surface area contributed by atoms with E-state index in [0.717, 1.165) is 47.2 Å². The van der Waals surface area contributed by atoms with Gasteiger partial charge in [0.25, 0.3) is 0 Å². The zero-order chi connectivity index (χ0) is 24.5. The SMILES string of the molecule is CCCCc1cn(C2C(C)C2C(C)=O)c(=O)n1Cc1cnccc1-c1ccccc1-c1nn[nH]n1. The molecule has 0 spiro atoms. The Morgan fingerprint density at radius 3 is 2.63 bits per heavy atom. The van der Waals surface area contributed by atoms with Crippen LogP contribution in [0.2, 0.25) is 0 Å². The molecule has 1 aromatic carbocycles. The predicted octanol–water partition coefficient (Wildman–Crippen LogP) is 3.68. The second-order valence-corrected chi connectivity index (χ2v) is 9.30. The highest BCUT2D eigenvalue weighted by molar-refractivity contribution is 5.82. The van der Waals surface area contributed by atoms with Crippen molar-refractivity contribution in [1.82, 2.24) is 34.7 Å². The summed E-state index contributed by atoms with van der Waals surface area (Å²) in [6.45, 7) is 6.19. The van der Waals surface area contributed by atoms with E-state index in [1.54, 1.807) is 17.7 Å². The van der Waals surface area contributed by atoms with Crippen LogP contribution in [0.1, 0.15) is 50.9 Å². The largest absolute Gasteiger partial charge is 0.328 e. The van der Waals surface area contributed by atoms with Gasteiger partial charge in [-0.2, -0.15) is 5.21 Å². The number of aromatic amines is 1. The summed E-state index contributed by atoms with van der Waals surface area (Å²) in [5.74, 6) is 0.743. The first-order chi connectivity index (χ1) is 17.0. The molecular formula is C26H29N7O2. The molecule has 9 nitrogen and oxygen atoms in total. The molecule has 0 aliphatic heterocycles. The molecule has 3 unspecified atom stereocenters. The minimum absolute atomic E-state index is 0.0611. The van der Waals surface area contributed by atoms with Crippen LogP contribution in [0, 0.1) is 11.8 Å². The highest BCUT2D eigenvalue weighted by atomic mass is 16.2. The van der Waals surface area contributed by atoms with Gasteiger partial charge in [0.15, 0.2) is 0 Å². The lowest BCUT2D eigenvalue weighted by Gasteiger charge is -2.13. The van der Waals surface area contributed by atoms with E-state index < -0.39 is 0 Å². The number of hydrogen-bond donors (Lipinski definition) is 1. The number of H-pyrrole nitrogens is 1. The molecular weight excluding hydrogens is 442 g/mol. The van der Waals surface area contributed by atoms with E-state index in [1.165, 1.54) is 0 Å². The number of nitrogens with one attached hydrogen (secondary N) is 1. The van der Waals surface area contributed by atoms with Crippen LogP contribution < -0.4 is 5.69 Å². The van der Waals surface area contributed by atoms with Gasteiger partial charge in [0.1, 0.15) is 5.78 Å². The lowest BCUT2D eigenvalue weighted by Crippen LogP contribution is -2.26. The van der Waals surface area contributed by atoms with Gasteiger partial charge < -0.3 is 0 Å². The fourth-order valence-corrected chi connectivity index (χ4v) is 5.14. The maximum atomic E-state index is 13.6. The fraction of sp³-hybridized carbons (Fsp3) is 0.385. The molecule has 1 fully saturated rings. The van der Waals surface area contributed by atoms with Crippen molar-refractivity contribution < 1.29 is 4.79 Å². The second-order valence-electron chi connectivity index (χ2n) is 9.30. The lowest BCUT2D eigenvalue weighted by atomic mass is 9.96. The Balaban J connectivity index is 1.57. The van der Waals surface area contributed by atoms with Crippen molar-refractivity contribution in [1.29, 1.82) is 0 Å². The van der Waals surface area contributed by atoms with Crippen molar-refractivity contribution in [2.45, 2.75) is 52.6 Å². The maximum absolute atomic E-state index is 13.6. The van der Waals surface area contributed by atoms with E-state index in [2.05, 4.69) is 32.5 Å². The van der Waals surface area contributed by atoms with E-state index in [4.69, 9.17) is 0 Å². The van der Waals surface area contributed by atoms with E-state index in [1.807, 2.05) is 54.2 Å². The van der Waals surface area contributed by atoms with Crippen molar-refractivity contribution in [2.24, 2.45) is 11.8 Å². The first-order valence-electron chi connectivity index (χ1n) is 12.1. The molecule has 5 rings (SSSR count). The lowest BCUT2D eigenvalue weighted by molar-refractivity contribution is -0.118. The smallest absolute Gasteiger partial charge is 0.300 e. The van der Waals surface area contributed by atoms with Crippen LogP contribution in [0.5, 0.6) is 0 Å². The van der Waals surface area contributed by atoms with Crippen molar-refractivity contribution in [3.05, 3.63) is 70.7 Å². The number of imidazole rings is 1. The highest BCUT2D eigenvalue weighted by Crippen LogP contribution is 2.50. The van der Waals surface area contributed by atoms with Crippen LogP contribution >= 0.6 is 0 Å². The van der Waals surface area contributed by atoms with Crippen molar-refractivity contribution in [2.75, 3.05) is 0 Å². The number of aromatic nitrogens is 7. The van der Waals surface area contributed by atoms with Gasteiger partial charge in [0.2, 0.25) is 5.82 Å². The predicted molar refractivity (Wildman–Crippen MR) is 132 cm³/mol. The first-order valence-corrected chi connectivity index (χ1v) is 12.1. The normalized spacial score (nSPS) is 19.1. The monoisotopic (exact) mass is 471 g/mol. The third-order valence-corrected chi connectivity index (χ3v) is 7.03. The van der Waals surface area contributed by atoms with Gasteiger partial charge in [0, 0.05) is 35.8 Å². The summed E-state index contributed by atoms with van der Waals surface area (Å²) < 4.78 is 3.63. The summed E-state index contributed by atoms with van der Waals surface area (Å²) in [5, 5.41) is 14.5. The molecule has 1 N–H and O–H groups in total. The number of pyridine rings is 1. The Hall–Kier alpha value is -3.88. The van der Waals surface area contributed by atoms with Gasteiger partial charge in [-0.15, -0.1) is 10.2 Å². The van der Waals surface area contributed by atoms with Crippen LogP contribution in [-0.4, -0.2) is 40.5 Å². The molecule has 35 heavy (non-hydrogen) atoms.